The molecule has 3 heteroatoms. The second-order valence-electron chi connectivity index (χ2n) is 7.25. The number of ether oxygens (including phenoxy) is 1. The topological polar surface area (TPSA) is 52.3 Å². The molecule has 104 valence electrons. The van der Waals surface area contributed by atoms with E-state index < -0.39 is 0 Å². The first kappa shape index (κ1) is 14.0. The largest absolute Gasteiger partial charge is 0.369 e. The van der Waals surface area contributed by atoms with Crippen LogP contribution in [0.2, 0.25) is 0 Å². The third-order valence-corrected chi connectivity index (χ3v) is 4.53. The lowest BCUT2D eigenvalue weighted by molar-refractivity contribution is -0.134. The molecular formula is C15H27NO2. The summed E-state index contributed by atoms with van der Waals surface area (Å²) in [6.45, 7) is 8.25. The van der Waals surface area contributed by atoms with Crippen LogP contribution in [0.15, 0.2) is 0 Å². The van der Waals surface area contributed by atoms with E-state index in [1.807, 2.05) is 13.8 Å². The molecule has 0 spiro atoms. The molecule has 0 amide bonds. The highest BCUT2D eigenvalue weighted by Gasteiger charge is 2.50. The zero-order chi connectivity index (χ0) is 13.6. The summed E-state index contributed by atoms with van der Waals surface area (Å²) in [5.74, 6) is 0.582. The van der Waals surface area contributed by atoms with Crippen molar-refractivity contribution in [3.63, 3.8) is 0 Å². The highest BCUT2D eigenvalue weighted by molar-refractivity contribution is 5.85. The molecule has 2 aliphatic rings. The van der Waals surface area contributed by atoms with Gasteiger partial charge >= 0.3 is 0 Å². The minimum Gasteiger partial charge on any atom is -0.369 e. The van der Waals surface area contributed by atoms with Crippen LogP contribution in [0.5, 0.6) is 0 Å². The minimum atomic E-state index is -0.331. The summed E-state index contributed by atoms with van der Waals surface area (Å²) in [5, 5.41) is 0. The van der Waals surface area contributed by atoms with Crippen molar-refractivity contribution in [1.29, 1.82) is 0 Å². The number of carbonyl (C=O) groups excluding carboxylic acids is 1. The molecule has 3 unspecified atom stereocenters. The molecule has 2 rings (SSSR count). The molecule has 3 atom stereocenters. The number of nitrogens with two attached hydrogens (primary N) is 1. The van der Waals surface area contributed by atoms with E-state index >= 15 is 0 Å². The molecule has 1 heterocycles. The fourth-order valence-electron chi connectivity index (χ4n) is 3.78. The maximum absolute atomic E-state index is 12.7. The third kappa shape index (κ3) is 2.77. The number of hydrogen-bond donors (Lipinski definition) is 1. The van der Waals surface area contributed by atoms with Gasteiger partial charge in [-0.2, -0.15) is 0 Å². The summed E-state index contributed by atoms with van der Waals surface area (Å²) < 4.78 is 6.04. The predicted molar refractivity (Wildman–Crippen MR) is 72.3 cm³/mol. The first-order chi connectivity index (χ1) is 8.21. The van der Waals surface area contributed by atoms with Crippen LogP contribution < -0.4 is 5.73 Å². The van der Waals surface area contributed by atoms with E-state index in [0.29, 0.717) is 5.78 Å². The van der Waals surface area contributed by atoms with Crippen LogP contribution in [-0.2, 0) is 9.53 Å². The average molecular weight is 253 g/mol. The molecule has 3 nitrogen and oxygen atoms in total. The Bertz CT molecular complexity index is 335. The summed E-state index contributed by atoms with van der Waals surface area (Å²) in [6, 6.07) is 0.214. The lowest BCUT2D eigenvalue weighted by Gasteiger charge is -2.31. The number of rotatable bonds is 2. The fourth-order valence-corrected chi connectivity index (χ4v) is 3.78. The minimum absolute atomic E-state index is 0.0304. The van der Waals surface area contributed by atoms with Crippen molar-refractivity contribution < 1.29 is 9.53 Å². The molecule has 1 aliphatic carbocycles. The highest BCUT2D eigenvalue weighted by Crippen LogP contribution is 2.44. The van der Waals surface area contributed by atoms with Gasteiger partial charge in [0.25, 0.3) is 0 Å². The Morgan fingerprint density at radius 3 is 2.39 bits per heavy atom. The maximum atomic E-state index is 12.7. The second-order valence-corrected chi connectivity index (χ2v) is 7.25. The fraction of sp³-hybridized carbons (Fsp3) is 0.933. The number of hydrogen-bond acceptors (Lipinski definition) is 3. The van der Waals surface area contributed by atoms with E-state index in [1.165, 1.54) is 0 Å². The summed E-state index contributed by atoms with van der Waals surface area (Å²) in [7, 11) is 0. The molecule has 0 aromatic carbocycles. The van der Waals surface area contributed by atoms with Crippen LogP contribution in [-0.4, -0.2) is 23.0 Å². The van der Waals surface area contributed by atoms with Crippen LogP contribution in [0, 0.1) is 11.8 Å². The van der Waals surface area contributed by atoms with Gasteiger partial charge in [0.2, 0.25) is 0 Å². The second kappa shape index (κ2) is 4.61. The molecule has 2 N–H and O–H groups in total. The van der Waals surface area contributed by atoms with Crippen LogP contribution in [0.25, 0.3) is 0 Å². The maximum Gasteiger partial charge on any atom is 0.142 e. The van der Waals surface area contributed by atoms with Crippen LogP contribution in [0.3, 0.4) is 0 Å². The number of ketones is 1. The Balaban J connectivity index is 2.09. The highest BCUT2D eigenvalue weighted by atomic mass is 16.5. The monoisotopic (exact) mass is 253 g/mol. The van der Waals surface area contributed by atoms with Crippen molar-refractivity contribution in [2.45, 2.75) is 77.0 Å². The zero-order valence-corrected chi connectivity index (χ0v) is 12.2. The van der Waals surface area contributed by atoms with Crippen LogP contribution in [0.4, 0.5) is 0 Å². The summed E-state index contributed by atoms with van der Waals surface area (Å²) in [5.41, 5.74) is 5.49. The lowest BCUT2D eigenvalue weighted by Crippen LogP contribution is -2.40. The van der Waals surface area contributed by atoms with Crippen LogP contribution in [0.1, 0.15) is 59.8 Å². The lowest BCUT2D eigenvalue weighted by atomic mass is 9.74. The van der Waals surface area contributed by atoms with Gasteiger partial charge in [0.1, 0.15) is 5.78 Å². The molecule has 0 radical (unpaired) electrons. The van der Waals surface area contributed by atoms with Crippen molar-refractivity contribution in [2.75, 3.05) is 0 Å². The Hall–Kier alpha value is -0.410. The standard InChI is InChI=1S/C15H27NO2/c1-14(2)9-12(15(3,4)18-14)13(17)10-6-5-7-11(16)8-10/h10-12H,5-9,16H2,1-4H3. The summed E-state index contributed by atoms with van der Waals surface area (Å²) in [4.78, 5) is 12.7. The van der Waals surface area contributed by atoms with Crippen molar-refractivity contribution in [2.24, 2.45) is 17.6 Å². The van der Waals surface area contributed by atoms with Crippen molar-refractivity contribution >= 4 is 5.78 Å². The molecule has 1 aliphatic heterocycles. The predicted octanol–water partition coefficient (Wildman–Crippen LogP) is 2.67. The van der Waals surface area contributed by atoms with Crippen molar-refractivity contribution in [3.8, 4) is 0 Å². The molecule has 18 heavy (non-hydrogen) atoms. The Kier molecular flexibility index (Phi) is 3.58. The molecule has 0 bridgehead atoms. The van der Waals surface area contributed by atoms with E-state index in [4.69, 9.17) is 10.5 Å². The Morgan fingerprint density at radius 1 is 1.22 bits per heavy atom. The van der Waals surface area contributed by atoms with Gasteiger partial charge in [-0.15, -0.1) is 0 Å². The van der Waals surface area contributed by atoms with Crippen molar-refractivity contribution in [3.05, 3.63) is 0 Å². The summed E-state index contributed by atoms with van der Waals surface area (Å²) >= 11 is 0. The smallest absolute Gasteiger partial charge is 0.142 e. The molecule has 2 fully saturated rings. The summed E-state index contributed by atoms with van der Waals surface area (Å²) in [6.07, 6.45) is 4.88. The van der Waals surface area contributed by atoms with Gasteiger partial charge in [-0.3, -0.25) is 4.79 Å². The molecule has 1 saturated carbocycles. The SMILES string of the molecule is CC1(C)CC(C(=O)C2CCCC(N)C2)C(C)(C)O1. The number of carbonyl (C=O) groups is 1. The zero-order valence-electron chi connectivity index (χ0n) is 12.2. The molecule has 0 aromatic rings. The molecule has 1 saturated heterocycles. The van der Waals surface area contributed by atoms with Gasteiger partial charge in [-0.05, 0) is 53.4 Å². The third-order valence-electron chi connectivity index (χ3n) is 4.53. The Labute approximate surface area is 110 Å². The van der Waals surface area contributed by atoms with E-state index in [9.17, 15) is 4.79 Å². The average Bonchev–Trinajstić information content (AvgIpc) is 2.45. The van der Waals surface area contributed by atoms with E-state index in [2.05, 4.69) is 13.8 Å². The van der Waals surface area contributed by atoms with Gasteiger partial charge in [0.05, 0.1) is 11.2 Å². The first-order valence-electron chi connectivity index (χ1n) is 7.21. The van der Waals surface area contributed by atoms with Crippen molar-refractivity contribution in [1.82, 2.24) is 0 Å². The number of Topliss-reactive ketones (excluding diaryl/α,β-unsaturated/α-hetero) is 1. The van der Waals surface area contributed by atoms with Gasteiger partial charge < -0.3 is 10.5 Å². The molecular weight excluding hydrogens is 226 g/mol. The normalized spacial score (nSPS) is 38.6. The Morgan fingerprint density at radius 2 is 1.89 bits per heavy atom. The van der Waals surface area contributed by atoms with Gasteiger partial charge in [0.15, 0.2) is 0 Å². The van der Waals surface area contributed by atoms with Gasteiger partial charge in [-0.1, -0.05) is 6.42 Å². The quantitative estimate of drug-likeness (QED) is 0.823. The van der Waals surface area contributed by atoms with E-state index in [-0.39, 0.29) is 29.1 Å². The van der Waals surface area contributed by atoms with E-state index in [0.717, 1.165) is 32.1 Å². The van der Waals surface area contributed by atoms with Gasteiger partial charge in [0, 0.05) is 17.9 Å². The van der Waals surface area contributed by atoms with Gasteiger partial charge in [-0.25, -0.2) is 0 Å². The first-order valence-corrected chi connectivity index (χ1v) is 7.21. The van der Waals surface area contributed by atoms with E-state index in [1.54, 1.807) is 0 Å². The molecule has 0 aromatic heterocycles. The van der Waals surface area contributed by atoms with Crippen LogP contribution >= 0.6 is 0 Å².